The van der Waals surface area contributed by atoms with E-state index in [-0.39, 0.29) is 5.75 Å². The van der Waals surface area contributed by atoms with Crippen LogP contribution in [0, 0.1) is 0 Å². The Morgan fingerprint density at radius 3 is 2.29 bits per heavy atom. The lowest BCUT2D eigenvalue weighted by Gasteiger charge is -1.99. The summed E-state index contributed by atoms with van der Waals surface area (Å²) in [5.41, 5.74) is 3.03. The number of hydrogen-bond acceptors (Lipinski definition) is 4. The van der Waals surface area contributed by atoms with Gasteiger partial charge in [-0.2, -0.15) is 0 Å². The SMILES string of the molecule is NNC(=O)c1ccc(C[SH](=O)=O)cc1. The summed E-state index contributed by atoms with van der Waals surface area (Å²) in [6.45, 7) is 0. The lowest BCUT2D eigenvalue weighted by atomic mass is 10.1. The van der Waals surface area contributed by atoms with E-state index in [1.807, 2.05) is 5.43 Å². The van der Waals surface area contributed by atoms with Crippen molar-refractivity contribution in [2.75, 3.05) is 0 Å². The topological polar surface area (TPSA) is 89.3 Å². The Bertz CT molecular complexity index is 390. The van der Waals surface area contributed by atoms with Crippen molar-refractivity contribution in [1.29, 1.82) is 0 Å². The first-order valence-electron chi connectivity index (χ1n) is 3.85. The van der Waals surface area contributed by atoms with Crippen molar-refractivity contribution in [3.05, 3.63) is 35.4 Å². The van der Waals surface area contributed by atoms with Crippen LogP contribution < -0.4 is 11.3 Å². The van der Waals surface area contributed by atoms with Crippen molar-refractivity contribution in [1.82, 2.24) is 5.43 Å². The molecule has 0 heterocycles. The zero-order chi connectivity index (χ0) is 10.6. The second kappa shape index (κ2) is 4.73. The van der Waals surface area contributed by atoms with Crippen LogP contribution >= 0.6 is 0 Å². The third kappa shape index (κ3) is 2.82. The van der Waals surface area contributed by atoms with E-state index in [1.54, 1.807) is 12.1 Å². The van der Waals surface area contributed by atoms with Gasteiger partial charge in [-0.25, -0.2) is 14.3 Å². The van der Waals surface area contributed by atoms with Crippen molar-refractivity contribution in [2.45, 2.75) is 5.75 Å². The molecule has 0 aliphatic heterocycles. The predicted octanol–water partition coefficient (Wildman–Crippen LogP) is -0.599. The predicted molar refractivity (Wildman–Crippen MR) is 52.1 cm³/mol. The molecule has 3 N–H and O–H groups in total. The van der Waals surface area contributed by atoms with Gasteiger partial charge < -0.3 is 0 Å². The van der Waals surface area contributed by atoms with E-state index in [4.69, 9.17) is 5.84 Å². The van der Waals surface area contributed by atoms with Crippen LogP contribution in [0.4, 0.5) is 0 Å². The molecule has 1 amide bonds. The molecule has 0 aromatic heterocycles. The average Bonchev–Trinajstić information content (AvgIpc) is 2.17. The van der Waals surface area contributed by atoms with Gasteiger partial charge in [-0.1, -0.05) is 12.1 Å². The number of rotatable bonds is 3. The van der Waals surface area contributed by atoms with E-state index in [0.717, 1.165) is 0 Å². The molecule has 6 heteroatoms. The van der Waals surface area contributed by atoms with Crippen molar-refractivity contribution < 1.29 is 13.2 Å². The van der Waals surface area contributed by atoms with Gasteiger partial charge in [0.1, 0.15) is 10.7 Å². The monoisotopic (exact) mass is 214 g/mol. The zero-order valence-electron chi connectivity index (χ0n) is 7.27. The van der Waals surface area contributed by atoms with Crippen molar-refractivity contribution in [2.24, 2.45) is 5.84 Å². The minimum Gasteiger partial charge on any atom is -0.290 e. The van der Waals surface area contributed by atoms with Crippen molar-refractivity contribution >= 4 is 16.6 Å². The fourth-order valence-corrected chi connectivity index (χ4v) is 1.50. The number of amides is 1. The highest BCUT2D eigenvalue weighted by atomic mass is 32.2. The first-order valence-corrected chi connectivity index (χ1v) is 5.21. The van der Waals surface area contributed by atoms with E-state index >= 15 is 0 Å². The number of nitrogens with two attached hydrogens (primary N) is 1. The highest BCUT2D eigenvalue weighted by molar-refractivity contribution is 7.71. The third-order valence-electron chi connectivity index (χ3n) is 1.66. The maximum Gasteiger partial charge on any atom is 0.265 e. The highest BCUT2D eigenvalue weighted by Crippen LogP contribution is 2.04. The molecule has 0 unspecified atom stereocenters. The minimum atomic E-state index is -2.43. The molecule has 14 heavy (non-hydrogen) atoms. The Labute approximate surface area is 82.8 Å². The smallest absolute Gasteiger partial charge is 0.265 e. The van der Waals surface area contributed by atoms with Crippen LogP contribution in [0.15, 0.2) is 24.3 Å². The van der Waals surface area contributed by atoms with Crippen LogP contribution in [0.3, 0.4) is 0 Å². The molecular formula is C8H10N2O3S. The van der Waals surface area contributed by atoms with Crippen LogP contribution in [0.5, 0.6) is 0 Å². The lowest BCUT2D eigenvalue weighted by Crippen LogP contribution is -2.29. The van der Waals surface area contributed by atoms with E-state index < -0.39 is 16.6 Å². The van der Waals surface area contributed by atoms with Gasteiger partial charge in [0, 0.05) is 5.56 Å². The van der Waals surface area contributed by atoms with Gasteiger partial charge in [0.15, 0.2) is 0 Å². The first kappa shape index (κ1) is 10.7. The van der Waals surface area contributed by atoms with E-state index in [2.05, 4.69) is 0 Å². The minimum absolute atomic E-state index is 0.0140. The zero-order valence-corrected chi connectivity index (χ0v) is 8.16. The Morgan fingerprint density at radius 2 is 1.86 bits per heavy atom. The fraction of sp³-hybridized carbons (Fsp3) is 0.125. The highest BCUT2D eigenvalue weighted by Gasteiger charge is 2.02. The fourth-order valence-electron chi connectivity index (χ4n) is 0.994. The number of carbonyl (C=O) groups excluding carboxylic acids is 1. The summed E-state index contributed by atoms with van der Waals surface area (Å²) in [7, 11) is -2.43. The molecule has 1 rings (SSSR count). The second-order valence-corrected chi connectivity index (χ2v) is 3.64. The van der Waals surface area contributed by atoms with Crippen molar-refractivity contribution in [3.8, 4) is 0 Å². The Hall–Kier alpha value is -1.40. The molecule has 0 radical (unpaired) electrons. The van der Waals surface area contributed by atoms with Crippen LogP contribution in [0.1, 0.15) is 15.9 Å². The maximum absolute atomic E-state index is 11.0. The molecule has 0 aliphatic carbocycles. The summed E-state index contributed by atoms with van der Waals surface area (Å²) in [4.78, 5) is 11.0. The first-order chi connectivity index (χ1) is 6.63. The summed E-state index contributed by atoms with van der Waals surface area (Å²) < 4.78 is 20.8. The molecule has 5 nitrogen and oxygen atoms in total. The van der Waals surface area contributed by atoms with Gasteiger partial charge in [0.2, 0.25) is 0 Å². The molecule has 76 valence electrons. The molecule has 1 aromatic rings. The van der Waals surface area contributed by atoms with Gasteiger partial charge in [-0.3, -0.25) is 10.2 Å². The molecule has 0 bridgehead atoms. The third-order valence-corrected chi connectivity index (χ3v) is 2.28. The molecule has 1 aromatic carbocycles. The number of nitrogens with one attached hydrogen (secondary N) is 1. The van der Waals surface area contributed by atoms with E-state index in [1.165, 1.54) is 12.1 Å². The lowest BCUT2D eigenvalue weighted by molar-refractivity contribution is 0.0953. The molecule has 0 saturated heterocycles. The summed E-state index contributed by atoms with van der Waals surface area (Å²) >= 11 is 0. The standard InChI is InChI=1S/C8H10N2O3S/c9-10-8(11)7-3-1-6(2-4-7)5-14(12)13/h1-4,14H,5,9H2,(H,10,11). The van der Waals surface area contributed by atoms with Gasteiger partial charge in [-0.15, -0.1) is 0 Å². The van der Waals surface area contributed by atoms with Crippen molar-refractivity contribution in [3.63, 3.8) is 0 Å². The number of hydrogen-bond donors (Lipinski definition) is 3. The maximum atomic E-state index is 11.0. The molecular weight excluding hydrogens is 204 g/mol. The summed E-state index contributed by atoms with van der Waals surface area (Å²) in [5, 5.41) is 0. The Kier molecular flexibility index (Phi) is 3.61. The Morgan fingerprint density at radius 1 is 1.29 bits per heavy atom. The van der Waals surface area contributed by atoms with Crippen LogP contribution in [-0.4, -0.2) is 14.3 Å². The summed E-state index contributed by atoms with van der Waals surface area (Å²) in [5.74, 6) is 4.51. The van der Waals surface area contributed by atoms with Gasteiger partial charge in [0.25, 0.3) is 5.91 Å². The number of benzene rings is 1. The van der Waals surface area contributed by atoms with E-state index in [0.29, 0.717) is 11.1 Å². The number of nitrogen functional groups attached to an aromatic ring is 1. The van der Waals surface area contributed by atoms with E-state index in [9.17, 15) is 13.2 Å². The molecule has 0 spiro atoms. The molecule has 0 atom stereocenters. The Balaban J connectivity index is 2.83. The number of thiol groups is 1. The summed E-state index contributed by atoms with van der Waals surface area (Å²) in [6, 6.07) is 6.21. The second-order valence-electron chi connectivity index (χ2n) is 2.66. The summed E-state index contributed by atoms with van der Waals surface area (Å²) in [6.07, 6.45) is 0. The number of carbonyl (C=O) groups is 1. The van der Waals surface area contributed by atoms with Crippen LogP contribution in [0.25, 0.3) is 0 Å². The molecule has 0 fully saturated rings. The molecule has 0 saturated carbocycles. The number of hydrazine groups is 1. The normalized spacial score (nSPS) is 10.1. The quantitative estimate of drug-likeness (QED) is 0.271. The van der Waals surface area contributed by atoms with Crippen LogP contribution in [0.2, 0.25) is 0 Å². The van der Waals surface area contributed by atoms with Gasteiger partial charge >= 0.3 is 0 Å². The largest absolute Gasteiger partial charge is 0.290 e. The van der Waals surface area contributed by atoms with Crippen LogP contribution in [-0.2, 0) is 16.5 Å². The average molecular weight is 214 g/mol. The molecule has 0 aliphatic rings. The van der Waals surface area contributed by atoms with Gasteiger partial charge in [-0.05, 0) is 17.7 Å². The van der Waals surface area contributed by atoms with Gasteiger partial charge in [0.05, 0.1) is 5.75 Å².